The van der Waals surface area contributed by atoms with Crippen LogP contribution in [0.15, 0.2) is 42.5 Å². The van der Waals surface area contributed by atoms with Crippen molar-refractivity contribution in [1.82, 2.24) is 0 Å². The van der Waals surface area contributed by atoms with Gasteiger partial charge in [0.05, 0.1) is 7.11 Å². The molecule has 2 aromatic carbocycles. The summed E-state index contributed by atoms with van der Waals surface area (Å²) in [4.78, 5) is 24.4. The maximum atomic E-state index is 12.3. The van der Waals surface area contributed by atoms with Crippen LogP contribution in [0.2, 0.25) is 0 Å². The van der Waals surface area contributed by atoms with Crippen molar-refractivity contribution in [1.29, 1.82) is 5.26 Å². The second-order valence-corrected chi connectivity index (χ2v) is 6.58. The number of nitrogens with one attached hydrogen (secondary N) is 1. The Labute approximate surface area is 175 Å². The highest BCUT2D eigenvalue weighted by Gasteiger charge is 2.17. The van der Waals surface area contributed by atoms with Gasteiger partial charge in [0.25, 0.3) is 5.91 Å². The minimum atomic E-state index is -0.960. The van der Waals surface area contributed by atoms with Crippen molar-refractivity contribution >= 4 is 23.6 Å². The van der Waals surface area contributed by atoms with E-state index in [1.165, 1.54) is 26.2 Å². The number of nitrogens with zero attached hydrogens (tertiary/aromatic N) is 1. The third-order valence-corrected chi connectivity index (χ3v) is 4.20. The summed E-state index contributed by atoms with van der Waals surface area (Å²) in [6, 6.07) is 12.6. The van der Waals surface area contributed by atoms with Crippen LogP contribution >= 0.6 is 0 Å². The lowest BCUT2D eigenvalue weighted by Crippen LogP contribution is -2.29. The van der Waals surface area contributed by atoms with Crippen LogP contribution in [0.1, 0.15) is 23.6 Å². The van der Waals surface area contributed by atoms with Gasteiger partial charge in [0.15, 0.2) is 24.2 Å². The molecule has 1 N–H and O–H groups in total. The maximum Gasteiger partial charge on any atom is 0.331 e. The van der Waals surface area contributed by atoms with E-state index in [0.29, 0.717) is 22.7 Å². The molecule has 0 aliphatic heterocycles. The lowest BCUT2D eigenvalue weighted by molar-refractivity contribution is -0.148. The van der Waals surface area contributed by atoms with E-state index >= 15 is 0 Å². The summed E-state index contributed by atoms with van der Waals surface area (Å²) in [6.45, 7) is 5.23. The van der Waals surface area contributed by atoms with Crippen LogP contribution in [0, 0.1) is 25.2 Å². The molecule has 0 aliphatic rings. The highest BCUT2D eigenvalue weighted by Crippen LogP contribution is 2.28. The first kappa shape index (κ1) is 22.5. The van der Waals surface area contributed by atoms with Crippen molar-refractivity contribution in [3.63, 3.8) is 0 Å². The van der Waals surface area contributed by atoms with Crippen molar-refractivity contribution in [2.75, 3.05) is 19.0 Å². The summed E-state index contributed by atoms with van der Waals surface area (Å²) in [5.41, 5.74) is 3.29. The average Bonchev–Trinajstić information content (AvgIpc) is 2.73. The van der Waals surface area contributed by atoms with Gasteiger partial charge in [-0.2, -0.15) is 5.26 Å². The Morgan fingerprint density at radius 3 is 2.63 bits per heavy atom. The zero-order valence-electron chi connectivity index (χ0n) is 17.4. The Hall–Kier alpha value is -3.79. The van der Waals surface area contributed by atoms with E-state index in [4.69, 9.17) is 19.5 Å². The van der Waals surface area contributed by atoms with Crippen LogP contribution in [-0.4, -0.2) is 31.7 Å². The van der Waals surface area contributed by atoms with Gasteiger partial charge in [0.1, 0.15) is 6.07 Å². The molecule has 0 spiro atoms. The third kappa shape index (κ3) is 6.38. The molecule has 0 saturated heterocycles. The summed E-state index contributed by atoms with van der Waals surface area (Å²) in [5, 5.41) is 11.4. The fraction of sp³-hybridized carbons (Fsp3) is 0.261. The van der Waals surface area contributed by atoms with Gasteiger partial charge in [-0.3, -0.25) is 4.79 Å². The van der Waals surface area contributed by atoms with Crippen LogP contribution in [0.25, 0.3) is 6.08 Å². The highest BCUT2D eigenvalue weighted by molar-refractivity contribution is 5.97. The van der Waals surface area contributed by atoms with E-state index in [-0.39, 0.29) is 6.61 Å². The summed E-state index contributed by atoms with van der Waals surface area (Å²) in [6.07, 6.45) is 1.80. The maximum absolute atomic E-state index is 12.3. The normalized spacial score (nSPS) is 11.4. The van der Waals surface area contributed by atoms with E-state index in [0.717, 1.165) is 11.1 Å². The lowest BCUT2D eigenvalue weighted by Gasteiger charge is -2.14. The molecule has 30 heavy (non-hydrogen) atoms. The van der Waals surface area contributed by atoms with Crippen molar-refractivity contribution < 1.29 is 23.8 Å². The van der Waals surface area contributed by atoms with E-state index in [9.17, 15) is 9.59 Å². The molecule has 156 valence electrons. The third-order valence-electron chi connectivity index (χ3n) is 4.20. The van der Waals surface area contributed by atoms with Gasteiger partial charge in [0.2, 0.25) is 0 Å². The van der Waals surface area contributed by atoms with Crippen molar-refractivity contribution in [3.8, 4) is 17.6 Å². The van der Waals surface area contributed by atoms with Crippen molar-refractivity contribution in [3.05, 3.63) is 59.2 Å². The number of methoxy groups -OCH3 is 1. The Balaban J connectivity index is 1.97. The second kappa shape index (κ2) is 10.7. The molecule has 0 saturated carbocycles. The number of nitriles is 1. The van der Waals surface area contributed by atoms with E-state index in [2.05, 4.69) is 5.32 Å². The monoisotopic (exact) mass is 408 g/mol. The molecule has 0 aromatic heterocycles. The number of rotatable bonds is 8. The summed E-state index contributed by atoms with van der Waals surface area (Å²) >= 11 is 0. The van der Waals surface area contributed by atoms with Gasteiger partial charge in [0, 0.05) is 11.8 Å². The average molecular weight is 408 g/mol. The number of carbonyl (C=O) groups is 2. The zero-order valence-corrected chi connectivity index (χ0v) is 17.4. The molecular weight excluding hydrogens is 384 g/mol. The minimum Gasteiger partial charge on any atom is -0.493 e. The topological polar surface area (TPSA) is 97.7 Å². The first-order valence-electron chi connectivity index (χ1n) is 9.28. The Morgan fingerprint density at radius 1 is 1.17 bits per heavy atom. The molecule has 7 nitrogen and oxygen atoms in total. The van der Waals surface area contributed by atoms with Gasteiger partial charge in [-0.05, 0) is 61.7 Å². The van der Waals surface area contributed by atoms with Gasteiger partial charge in [-0.15, -0.1) is 0 Å². The molecule has 7 heteroatoms. The van der Waals surface area contributed by atoms with Crippen LogP contribution in [0.5, 0.6) is 11.5 Å². The first-order valence-corrected chi connectivity index (χ1v) is 9.28. The number of ether oxygens (including phenoxy) is 3. The molecule has 0 radical (unpaired) electrons. The van der Waals surface area contributed by atoms with E-state index in [1.807, 2.05) is 38.1 Å². The van der Waals surface area contributed by atoms with Crippen LogP contribution in [0.4, 0.5) is 5.69 Å². The summed E-state index contributed by atoms with van der Waals surface area (Å²) in [7, 11) is 1.48. The summed E-state index contributed by atoms with van der Waals surface area (Å²) in [5.74, 6) is -0.203. The first-order chi connectivity index (χ1) is 14.3. The fourth-order valence-electron chi connectivity index (χ4n) is 2.55. The Kier molecular flexibility index (Phi) is 8.00. The predicted octanol–water partition coefficient (Wildman–Crippen LogP) is 3.80. The number of esters is 1. The highest BCUT2D eigenvalue weighted by atomic mass is 16.5. The van der Waals surface area contributed by atoms with Crippen molar-refractivity contribution in [2.24, 2.45) is 0 Å². The fourth-order valence-corrected chi connectivity index (χ4v) is 2.55. The van der Waals surface area contributed by atoms with Gasteiger partial charge in [-0.25, -0.2) is 4.79 Å². The number of anilines is 1. The molecule has 2 aromatic rings. The molecule has 1 atom stereocenters. The number of amides is 1. The standard InChI is InChI=1S/C23H24N2O5/c1-15-5-6-16(2)19(13-15)25-23(27)17(3)30-22(26)10-8-18-7-9-20(29-12-11-24)21(14-18)28-4/h5-10,13-14,17H,12H2,1-4H3,(H,25,27)/b10-8+/t17-/m1/s1. The van der Waals surface area contributed by atoms with E-state index < -0.39 is 18.0 Å². The molecule has 0 bridgehead atoms. The Bertz CT molecular complexity index is 992. The van der Waals surface area contributed by atoms with Gasteiger partial charge < -0.3 is 19.5 Å². The number of hydrogen-bond donors (Lipinski definition) is 1. The van der Waals surface area contributed by atoms with Crippen LogP contribution < -0.4 is 14.8 Å². The molecule has 0 fully saturated rings. The van der Waals surface area contributed by atoms with E-state index in [1.54, 1.807) is 18.2 Å². The predicted molar refractivity (Wildman–Crippen MR) is 113 cm³/mol. The van der Waals surface area contributed by atoms with Gasteiger partial charge >= 0.3 is 5.97 Å². The number of benzene rings is 2. The van der Waals surface area contributed by atoms with Crippen LogP contribution in [-0.2, 0) is 14.3 Å². The number of aryl methyl sites for hydroxylation is 2. The molecule has 1 amide bonds. The lowest BCUT2D eigenvalue weighted by atomic mass is 10.1. The van der Waals surface area contributed by atoms with Gasteiger partial charge in [-0.1, -0.05) is 18.2 Å². The smallest absolute Gasteiger partial charge is 0.331 e. The summed E-state index contributed by atoms with van der Waals surface area (Å²) < 4.78 is 15.7. The largest absolute Gasteiger partial charge is 0.493 e. The molecular formula is C23H24N2O5. The molecule has 0 heterocycles. The number of carbonyl (C=O) groups excluding carboxylic acids is 2. The quantitative estimate of drug-likeness (QED) is 0.527. The zero-order chi connectivity index (χ0) is 22.1. The Morgan fingerprint density at radius 2 is 1.93 bits per heavy atom. The minimum absolute atomic E-state index is 0.0973. The SMILES string of the molecule is COc1cc(/C=C/C(=O)O[C@H](C)C(=O)Nc2cc(C)ccc2C)ccc1OCC#N. The van der Waals surface area contributed by atoms with Crippen molar-refractivity contribution in [2.45, 2.75) is 26.9 Å². The number of hydrogen-bond acceptors (Lipinski definition) is 6. The van der Waals surface area contributed by atoms with Crippen LogP contribution in [0.3, 0.4) is 0 Å². The molecule has 2 rings (SSSR count). The molecule has 0 aliphatic carbocycles. The second-order valence-electron chi connectivity index (χ2n) is 6.58. The molecule has 0 unspecified atom stereocenters.